The first kappa shape index (κ1) is 22.8. The third-order valence-electron chi connectivity index (χ3n) is 4.48. The van der Waals surface area contributed by atoms with E-state index in [9.17, 15) is 27.2 Å². The Morgan fingerprint density at radius 1 is 0.969 bits per heavy atom. The van der Waals surface area contributed by atoms with Gasteiger partial charge in [-0.05, 0) is 53.1 Å². The molecule has 2 amide bonds. The maximum atomic E-state index is 13.8. The first-order valence-corrected chi connectivity index (χ1v) is 9.39. The van der Waals surface area contributed by atoms with E-state index in [0.717, 1.165) is 24.3 Å². The van der Waals surface area contributed by atoms with Gasteiger partial charge in [0.2, 0.25) is 0 Å². The third-order valence-corrected chi connectivity index (χ3v) is 4.48. The predicted octanol–water partition coefficient (Wildman–Crippen LogP) is 4.31. The number of primary amides is 1. The van der Waals surface area contributed by atoms with Crippen LogP contribution in [0.25, 0.3) is 11.1 Å². The van der Waals surface area contributed by atoms with Crippen molar-refractivity contribution in [1.82, 2.24) is 5.32 Å². The van der Waals surface area contributed by atoms with Gasteiger partial charge in [0, 0.05) is 6.54 Å². The van der Waals surface area contributed by atoms with Crippen molar-refractivity contribution in [1.29, 1.82) is 0 Å². The summed E-state index contributed by atoms with van der Waals surface area (Å²) >= 11 is 0. The molecule has 0 fully saturated rings. The second-order valence-corrected chi connectivity index (χ2v) is 6.85. The molecule has 9 heteroatoms. The van der Waals surface area contributed by atoms with Crippen LogP contribution in [0.4, 0.5) is 17.6 Å². The fourth-order valence-corrected chi connectivity index (χ4v) is 2.95. The van der Waals surface area contributed by atoms with Crippen molar-refractivity contribution in [2.24, 2.45) is 5.73 Å². The molecular weight excluding hydrogens is 428 g/mol. The Bertz CT molecular complexity index is 1130. The van der Waals surface area contributed by atoms with E-state index < -0.39 is 29.4 Å². The first-order chi connectivity index (χ1) is 15.1. The molecule has 5 nitrogen and oxygen atoms in total. The quantitative estimate of drug-likeness (QED) is 0.531. The van der Waals surface area contributed by atoms with Crippen LogP contribution in [0.3, 0.4) is 0 Å². The van der Waals surface area contributed by atoms with Crippen molar-refractivity contribution < 1.29 is 31.9 Å². The van der Waals surface area contributed by atoms with Gasteiger partial charge < -0.3 is 15.8 Å². The van der Waals surface area contributed by atoms with Crippen molar-refractivity contribution in [2.75, 3.05) is 6.61 Å². The molecule has 0 bridgehead atoms. The van der Waals surface area contributed by atoms with Crippen molar-refractivity contribution in [2.45, 2.75) is 12.7 Å². The Kier molecular flexibility index (Phi) is 6.77. The summed E-state index contributed by atoms with van der Waals surface area (Å²) in [6.07, 6.45) is -4.55. The number of halogens is 4. The van der Waals surface area contributed by atoms with Crippen LogP contribution in [0.1, 0.15) is 21.5 Å². The SMILES string of the molecule is NC(=O)COc1ccc(CNC(=O)c2cc(F)ccc2-c2cccc(C(F)(F)F)c2)cc1. The van der Waals surface area contributed by atoms with Gasteiger partial charge in [-0.15, -0.1) is 0 Å². The molecule has 32 heavy (non-hydrogen) atoms. The van der Waals surface area contributed by atoms with Crippen LogP contribution < -0.4 is 15.8 Å². The lowest BCUT2D eigenvalue weighted by Gasteiger charge is -2.13. The monoisotopic (exact) mass is 446 g/mol. The fourth-order valence-electron chi connectivity index (χ4n) is 2.95. The van der Waals surface area contributed by atoms with Crippen LogP contribution in [-0.2, 0) is 17.5 Å². The minimum absolute atomic E-state index is 0.0769. The number of carbonyl (C=O) groups is 2. The van der Waals surface area contributed by atoms with Gasteiger partial charge in [-0.2, -0.15) is 13.2 Å². The molecule has 0 saturated carbocycles. The van der Waals surface area contributed by atoms with E-state index in [-0.39, 0.29) is 29.8 Å². The molecule has 0 unspecified atom stereocenters. The number of rotatable bonds is 7. The van der Waals surface area contributed by atoms with Crippen LogP contribution in [0.15, 0.2) is 66.7 Å². The highest BCUT2D eigenvalue weighted by Crippen LogP contribution is 2.33. The molecule has 0 aliphatic heterocycles. The summed E-state index contributed by atoms with van der Waals surface area (Å²) in [4.78, 5) is 23.5. The number of alkyl halides is 3. The standard InChI is InChI=1S/C23H18F4N2O3/c24-17-6-9-19(15-2-1-3-16(10-15)23(25,26)27)20(11-17)22(31)29-12-14-4-7-18(8-5-14)32-13-21(28)30/h1-11H,12-13H2,(H2,28,30)(H,29,31). The number of carbonyl (C=O) groups excluding carboxylic acids is 2. The smallest absolute Gasteiger partial charge is 0.416 e. The summed E-state index contributed by atoms with van der Waals surface area (Å²) < 4.78 is 58.1. The Hall–Kier alpha value is -3.88. The predicted molar refractivity (Wildman–Crippen MR) is 109 cm³/mol. The minimum Gasteiger partial charge on any atom is -0.484 e. The normalized spacial score (nSPS) is 11.1. The molecule has 0 atom stereocenters. The topological polar surface area (TPSA) is 81.4 Å². The maximum absolute atomic E-state index is 13.8. The average Bonchev–Trinajstić information content (AvgIpc) is 2.76. The van der Waals surface area contributed by atoms with Crippen molar-refractivity contribution >= 4 is 11.8 Å². The lowest BCUT2D eigenvalue weighted by atomic mass is 9.97. The highest BCUT2D eigenvalue weighted by Gasteiger charge is 2.30. The molecule has 0 heterocycles. The van der Waals surface area contributed by atoms with Gasteiger partial charge in [0.25, 0.3) is 11.8 Å². The summed E-state index contributed by atoms with van der Waals surface area (Å²) in [5, 5.41) is 2.62. The molecule has 0 radical (unpaired) electrons. The largest absolute Gasteiger partial charge is 0.484 e. The van der Waals surface area contributed by atoms with E-state index in [0.29, 0.717) is 11.3 Å². The van der Waals surface area contributed by atoms with Crippen LogP contribution in [0.2, 0.25) is 0 Å². The zero-order chi connectivity index (χ0) is 23.3. The van der Waals surface area contributed by atoms with E-state index in [1.807, 2.05) is 0 Å². The molecular formula is C23H18F4N2O3. The van der Waals surface area contributed by atoms with Gasteiger partial charge in [0.05, 0.1) is 11.1 Å². The first-order valence-electron chi connectivity index (χ1n) is 9.39. The number of amides is 2. The highest BCUT2D eigenvalue weighted by atomic mass is 19.4. The van der Waals surface area contributed by atoms with Gasteiger partial charge in [-0.1, -0.05) is 30.3 Å². The van der Waals surface area contributed by atoms with E-state index in [1.165, 1.54) is 18.2 Å². The number of nitrogens with one attached hydrogen (secondary N) is 1. The molecule has 0 aliphatic carbocycles. The van der Waals surface area contributed by atoms with Gasteiger partial charge >= 0.3 is 6.18 Å². The lowest BCUT2D eigenvalue weighted by Crippen LogP contribution is -2.23. The molecule has 0 saturated heterocycles. The third kappa shape index (κ3) is 5.84. The molecule has 0 spiro atoms. The fraction of sp³-hybridized carbons (Fsp3) is 0.130. The summed E-state index contributed by atoms with van der Waals surface area (Å²) in [5.74, 6) is -1.54. The number of nitrogens with two attached hydrogens (primary N) is 1. The summed E-state index contributed by atoms with van der Waals surface area (Å²) in [7, 11) is 0. The second kappa shape index (κ2) is 9.51. The number of ether oxygens (including phenoxy) is 1. The second-order valence-electron chi connectivity index (χ2n) is 6.85. The van der Waals surface area contributed by atoms with E-state index in [4.69, 9.17) is 10.5 Å². The summed E-state index contributed by atoms with van der Waals surface area (Å²) in [6.45, 7) is -0.193. The maximum Gasteiger partial charge on any atom is 0.416 e. The van der Waals surface area contributed by atoms with Crippen LogP contribution in [0, 0.1) is 5.82 Å². The van der Waals surface area contributed by atoms with Crippen LogP contribution >= 0.6 is 0 Å². The number of hydrogen-bond acceptors (Lipinski definition) is 3. The van der Waals surface area contributed by atoms with E-state index in [2.05, 4.69) is 5.32 Å². The van der Waals surface area contributed by atoms with Gasteiger partial charge in [-0.25, -0.2) is 4.39 Å². The average molecular weight is 446 g/mol. The van der Waals surface area contributed by atoms with Crippen molar-refractivity contribution in [3.8, 4) is 16.9 Å². The zero-order valence-corrected chi connectivity index (χ0v) is 16.6. The molecule has 3 aromatic carbocycles. The molecule has 3 N–H and O–H groups in total. The molecule has 3 rings (SSSR count). The minimum atomic E-state index is -4.55. The lowest BCUT2D eigenvalue weighted by molar-refractivity contribution is -0.137. The Morgan fingerprint density at radius 2 is 1.69 bits per heavy atom. The molecule has 3 aromatic rings. The van der Waals surface area contributed by atoms with Gasteiger partial charge in [-0.3, -0.25) is 9.59 Å². The molecule has 0 aliphatic rings. The van der Waals surface area contributed by atoms with Crippen LogP contribution in [-0.4, -0.2) is 18.4 Å². The Balaban J connectivity index is 1.78. The molecule has 166 valence electrons. The summed E-state index contributed by atoms with van der Waals surface area (Å²) in [5.41, 5.74) is 5.04. The highest BCUT2D eigenvalue weighted by molar-refractivity contribution is 6.00. The van der Waals surface area contributed by atoms with E-state index in [1.54, 1.807) is 24.3 Å². The Labute approximate surface area is 180 Å². The number of benzene rings is 3. The van der Waals surface area contributed by atoms with Crippen molar-refractivity contribution in [3.05, 3.63) is 89.2 Å². The summed E-state index contributed by atoms with van der Waals surface area (Å²) in [6, 6.07) is 14.3. The molecule has 0 aromatic heterocycles. The van der Waals surface area contributed by atoms with Gasteiger partial charge in [0.1, 0.15) is 11.6 Å². The van der Waals surface area contributed by atoms with Crippen LogP contribution in [0.5, 0.6) is 5.75 Å². The van der Waals surface area contributed by atoms with Crippen molar-refractivity contribution in [3.63, 3.8) is 0 Å². The zero-order valence-electron chi connectivity index (χ0n) is 16.6. The Morgan fingerprint density at radius 3 is 2.34 bits per heavy atom. The van der Waals surface area contributed by atoms with E-state index >= 15 is 0 Å². The van der Waals surface area contributed by atoms with Gasteiger partial charge in [0.15, 0.2) is 6.61 Å². The number of hydrogen-bond donors (Lipinski definition) is 2.